The average Bonchev–Trinajstić information content (AvgIpc) is 2.68. The number of aliphatic hydroxyl groups is 1. The van der Waals surface area contributed by atoms with E-state index in [1.807, 2.05) is 42.5 Å². The Hall–Kier alpha value is -2.28. The minimum absolute atomic E-state index is 0.173. The van der Waals surface area contributed by atoms with Crippen LogP contribution in [-0.4, -0.2) is 42.0 Å². The van der Waals surface area contributed by atoms with Crippen molar-refractivity contribution in [2.75, 3.05) is 19.8 Å². The van der Waals surface area contributed by atoms with E-state index in [9.17, 15) is 9.90 Å². The van der Waals surface area contributed by atoms with Gasteiger partial charge in [-0.2, -0.15) is 0 Å². The number of carbonyl (C=O) groups is 1. The monoisotopic (exact) mass is 359 g/mol. The number of pyridine rings is 1. The number of esters is 1. The van der Waals surface area contributed by atoms with Crippen molar-refractivity contribution in [1.29, 1.82) is 0 Å². The molecule has 0 spiro atoms. The molecule has 0 bridgehead atoms. The van der Waals surface area contributed by atoms with Crippen LogP contribution < -0.4 is 0 Å². The fourth-order valence-corrected chi connectivity index (χ4v) is 2.19. The molecule has 1 atom stereocenters. The van der Waals surface area contributed by atoms with Crippen LogP contribution in [0.5, 0.6) is 0 Å². The van der Waals surface area contributed by atoms with E-state index in [1.54, 1.807) is 12.4 Å². The van der Waals surface area contributed by atoms with Gasteiger partial charge in [0.15, 0.2) is 0 Å². The Balaban J connectivity index is 1.44. The first-order chi connectivity index (χ1) is 12.7. The molecular formula is C20H25NO5. The van der Waals surface area contributed by atoms with Gasteiger partial charge < -0.3 is 19.3 Å². The number of aliphatic hydroxyl groups excluding tert-OH is 1. The standard InChI is InChI=1S/C20H25NO5/c22-19(16-25-13-18-8-4-10-21-12-18)15-24-11-5-9-20(23)26-14-17-6-2-1-3-7-17/h1-4,6-8,10,12,19,22H,5,9,11,13-16H2. The maximum Gasteiger partial charge on any atom is 0.306 e. The van der Waals surface area contributed by atoms with Gasteiger partial charge in [-0.15, -0.1) is 0 Å². The molecule has 0 aliphatic rings. The predicted octanol–water partition coefficient (Wildman–Crippen LogP) is 2.50. The van der Waals surface area contributed by atoms with Crippen LogP contribution in [0.15, 0.2) is 54.9 Å². The number of aromatic nitrogens is 1. The van der Waals surface area contributed by atoms with Crippen LogP contribution in [0.2, 0.25) is 0 Å². The highest BCUT2D eigenvalue weighted by Gasteiger charge is 2.07. The van der Waals surface area contributed by atoms with Crippen LogP contribution >= 0.6 is 0 Å². The van der Waals surface area contributed by atoms with Gasteiger partial charge in [0.2, 0.25) is 0 Å². The molecule has 1 heterocycles. The molecule has 1 N–H and O–H groups in total. The molecule has 0 amide bonds. The lowest BCUT2D eigenvalue weighted by molar-refractivity contribution is -0.145. The van der Waals surface area contributed by atoms with Gasteiger partial charge in [0.25, 0.3) is 0 Å². The number of benzene rings is 1. The smallest absolute Gasteiger partial charge is 0.306 e. The van der Waals surface area contributed by atoms with Crippen molar-refractivity contribution in [2.45, 2.75) is 32.2 Å². The summed E-state index contributed by atoms with van der Waals surface area (Å²) in [5, 5.41) is 9.79. The van der Waals surface area contributed by atoms with Gasteiger partial charge >= 0.3 is 5.97 Å². The maximum absolute atomic E-state index is 11.6. The number of hydrogen-bond acceptors (Lipinski definition) is 6. The molecule has 1 aromatic carbocycles. The Kier molecular flexibility index (Phi) is 9.35. The first-order valence-electron chi connectivity index (χ1n) is 8.66. The number of hydrogen-bond donors (Lipinski definition) is 1. The zero-order chi connectivity index (χ0) is 18.5. The van der Waals surface area contributed by atoms with Crippen LogP contribution in [0.1, 0.15) is 24.0 Å². The van der Waals surface area contributed by atoms with Crippen molar-refractivity contribution < 1.29 is 24.1 Å². The largest absolute Gasteiger partial charge is 0.461 e. The van der Waals surface area contributed by atoms with Gasteiger partial charge in [-0.3, -0.25) is 9.78 Å². The van der Waals surface area contributed by atoms with Crippen LogP contribution in [0.3, 0.4) is 0 Å². The molecule has 140 valence electrons. The molecule has 0 saturated carbocycles. The van der Waals surface area contributed by atoms with E-state index < -0.39 is 6.10 Å². The third-order valence-electron chi connectivity index (χ3n) is 3.52. The van der Waals surface area contributed by atoms with Crippen molar-refractivity contribution in [2.24, 2.45) is 0 Å². The summed E-state index contributed by atoms with van der Waals surface area (Å²) in [5.74, 6) is -0.252. The van der Waals surface area contributed by atoms with Crippen LogP contribution in [0.4, 0.5) is 0 Å². The fourth-order valence-electron chi connectivity index (χ4n) is 2.19. The van der Waals surface area contributed by atoms with Gasteiger partial charge in [-0.1, -0.05) is 36.4 Å². The third-order valence-corrected chi connectivity index (χ3v) is 3.52. The molecule has 0 aliphatic heterocycles. The van der Waals surface area contributed by atoms with Crippen LogP contribution in [0.25, 0.3) is 0 Å². The first-order valence-corrected chi connectivity index (χ1v) is 8.66. The molecule has 6 heteroatoms. The van der Waals surface area contributed by atoms with Gasteiger partial charge in [0, 0.05) is 25.4 Å². The maximum atomic E-state index is 11.6. The minimum Gasteiger partial charge on any atom is -0.461 e. The second-order valence-electron chi connectivity index (χ2n) is 5.85. The molecule has 0 radical (unpaired) electrons. The Labute approximate surface area is 153 Å². The molecule has 2 rings (SSSR count). The fraction of sp³-hybridized carbons (Fsp3) is 0.400. The van der Waals surface area contributed by atoms with E-state index in [0.717, 1.165) is 11.1 Å². The second kappa shape index (κ2) is 12.1. The zero-order valence-electron chi connectivity index (χ0n) is 14.8. The van der Waals surface area contributed by atoms with Crippen molar-refractivity contribution >= 4 is 5.97 Å². The number of carbonyl (C=O) groups excluding carboxylic acids is 1. The summed E-state index contributed by atoms with van der Waals surface area (Å²) in [6.07, 6.45) is 3.57. The zero-order valence-corrected chi connectivity index (χ0v) is 14.8. The van der Waals surface area contributed by atoms with Crippen molar-refractivity contribution in [3.05, 3.63) is 66.0 Å². The summed E-state index contributed by atoms with van der Waals surface area (Å²) in [6.45, 7) is 1.44. The summed E-state index contributed by atoms with van der Waals surface area (Å²) >= 11 is 0. The highest BCUT2D eigenvalue weighted by molar-refractivity contribution is 5.69. The lowest BCUT2D eigenvalue weighted by atomic mass is 10.2. The lowest BCUT2D eigenvalue weighted by Gasteiger charge is -2.12. The summed E-state index contributed by atoms with van der Waals surface area (Å²) in [7, 11) is 0. The molecule has 1 unspecified atom stereocenters. The van der Waals surface area contributed by atoms with E-state index in [0.29, 0.717) is 26.1 Å². The molecule has 1 aromatic heterocycles. The highest BCUT2D eigenvalue weighted by atomic mass is 16.5. The van der Waals surface area contributed by atoms with Crippen molar-refractivity contribution in [3.8, 4) is 0 Å². The Morgan fingerprint density at radius 2 is 1.77 bits per heavy atom. The first kappa shape index (κ1) is 20.0. The summed E-state index contributed by atoms with van der Waals surface area (Å²) in [6, 6.07) is 13.3. The Morgan fingerprint density at radius 1 is 1.00 bits per heavy atom. The van der Waals surface area contributed by atoms with E-state index in [1.165, 1.54) is 0 Å². The molecule has 2 aromatic rings. The van der Waals surface area contributed by atoms with Crippen molar-refractivity contribution in [3.63, 3.8) is 0 Å². The predicted molar refractivity (Wildman–Crippen MR) is 96.2 cm³/mol. The molecule has 0 saturated heterocycles. The van der Waals surface area contributed by atoms with E-state index >= 15 is 0 Å². The number of nitrogens with zero attached hydrogens (tertiary/aromatic N) is 1. The second-order valence-corrected chi connectivity index (χ2v) is 5.85. The topological polar surface area (TPSA) is 77.9 Å². The van der Waals surface area contributed by atoms with E-state index in [-0.39, 0.29) is 25.8 Å². The minimum atomic E-state index is -0.697. The summed E-state index contributed by atoms with van der Waals surface area (Å²) < 4.78 is 15.9. The Morgan fingerprint density at radius 3 is 2.54 bits per heavy atom. The number of ether oxygens (including phenoxy) is 3. The van der Waals surface area contributed by atoms with Gasteiger partial charge in [-0.05, 0) is 23.6 Å². The quantitative estimate of drug-likeness (QED) is 0.463. The van der Waals surface area contributed by atoms with E-state index in [2.05, 4.69) is 4.98 Å². The Bertz CT molecular complexity index is 621. The molecule has 0 aliphatic carbocycles. The van der Waals surface area contributed by atoms with E-state index in [4.69, 9.17) is 14.2 Å². The highest BCUT2D eigenvalue weighted by Crippen LogP contribution is 2.03. The molecule has 26 heavy (non-hydrogen) atoms. The number of rotatable bonds is 12. The normalized spacial score (nSPS) is 11.9. The summed E-state index contributed by atoms with van der Waals surface area (Å²) in [4.78, 5) is 15.6. The lowest BCUT2D eigenvalue weighted by Crippen LogP contribution is -2.22. The van der Waals surface area contributed by atoms with Crippen LogP contribution in [0, 0.1) is 0 Å². The summed E-state index contributed by atoms with van der Waals surface area (Å²) in [5.41, 5.74) is 1.92. The average molecular weight is 359 g/mol. The SMILES string of the molecule is O=C(CCCOCC(O)COCc1cccnc1)OCc1ccccc1. The van der Waals surface area contributed by atoms with Crippen molar-refractivity contribution in [1.82, 2.24) is 4.98 Å². The van der Waals surface area contributed by atoms with Gasteiger partial charge in [0.1, 0.15) is 12.7 Å². The van der Waals surface area contributed by atoms with Gasteiger partial charge in [-0.25, -0.2) is 0 Å². The van der Waals surface area contributed by atoms with Gasteiger partial charge in [0.05, 0.1) is 19.8 Å². The third kappa shape index (κ3) is 8.71. The molecular weight excluding hydrogens is 334 g/mol. The molecule has 6 nitrogen and oxygen atoms in total. The van der Waals surface area contributed by atoms with Crippen LogP contribution in [-0.2, 0) is 32.2 Å². The molecule has 0 fully saturated rings.